The highest BCUT2D eigenvalue weighted by Crippen LogP contribution is 2.31. The molecular formula is C18H20N2O. The standard InChI is InChI=1S/C18H20N2O/c1-12-8-9-16-15(10-12)17(18(21)20-16)19-11-13(2)14-6-4-3-5-7-14/h3-10,13,17,19H,11H2,1-2H3,(H,20,21). The van der Waals surface area contributed by atoms with E-state index < -0.39 is 0 Å². The van der Waals surface area contributed by atoms with Crippen LogP contribution in [0.1, 0.15) is 35.6 Å². The zero-order valence-electron chi connectivity index (χ0n) is 12.4. The van der Waals surface area contributed by atoms with Crippen molar-refractivity contribution in [2.45, 2.75) is 25.8 Å². The van der Waals surface area contributed by atoms with Gasteiger partial charge in [0.1, 0.15) is 6.04 Å². The number of anilines is 1. The SMILES string of the molecule is Cc1ccc2c(c1)C(NCC(C)c1ccccc1)C(=O)N2. The van der Waals surface area contributed by atoms with Crippen molar-refractivity contribution in [1.82, 2.24) is 5.32 Å². The number of carbonyl (C=O) groups excluding carboxylic acids is 1. The molecule has 2 atom stereocenters. The summed E-state index contributed by atoms with van der Waals surface area (Å²) in [7, 11) is 0. The zero-order valence-corrected chi connectivity index (χ0v) is 12.4. The van der Waals surface area contributed by atoms with Crippen LogP contribution in [0.5, 0.6) is 0 Å². The van der Waals surface area contributed by atoms with Gasteiger partial charge in [-0.2, -0.15) is 0 Å². The molecule has 0 saturated carbocycles. The first-order chi connectivity index (χ1) is 10.1. The molecule has 0 saturated heterocycles. The number of benzene rings is 2. The fourth-order valence-electron chi connectivity index (χ4n) is 2.78. The molecule has 0 fully saturated rings. The topological polar surface area (TPSA) is 41.1 Å². The molecule has 1 aliphatic rings. The van der Waals surface area contributed by atoms with Crippen LogP contribution in [0.2, 0.25) is 0 Å². The van der Waals surface area contributed by atoms with Crippen molar-refractivity contribution in [3.63, 3.8) is 0 Å². The highest BCUT2D eigenvalue weighted by atomic mass is 16.2. The van der Waals surface area contributed by atoms with E-state index in [2.05, 4.69) is 35.8 Å². The van der Waals surface area contributed by atoms with E-state index in [9.17, 15) is 4.79 Å². The number of fused-ring (bicyclic) bond motifs is 1. The lowest BCUT2D eigenvalue weighted by molar-refractivity contribution is -0.117. The summed E-state index contributed by atoms with van der Waals surface area (Å²) in [5.41, 5.74) is 4.44. The van der Waals surface area contributed by atoms with Gasteiger partial charge in [-0.25, -0.2) is 0 Å². The van der Waals surface area contributed by atoms with Gasteiger partial charge in [0, 0.05) is 17.8 Å². The van der Waals surface area contributed by atoms with Crippen molar-refractivity contribution in [3.05, 3.63) is 65.2 Å². The van der Waals surface area contributed by atoms with Gasteiger partial charge in [0.25, 0.3) is 0 Å². The van der Waals surface area contributed by atoms with Gasteiger partial charge in [0.15, 0.2) is 0 Å². The third kappa shape index (κ3) is 2.83. The van der Waals surface area contributed by atoms with Crippen molar-refractivity contribution in [1.29, 1.82) is 0 Å². The predicted octanol–water partition coefficient (Wildman–Crippen LogP) is 3.38. The summed E-state index contributed by atoms with van der Waals surface area (Å²) in [4.78, 5) is 12.1. The summed E-state index contributed by atoms with van der Waals surface area (Å²) < 4.78 is 0. The quantitative estimate of drug-likeness (QED) is 0.901. The van der Waals surface area contributed by atoms with Crippen molar-refractivity contribution < 1.29 is 4.79 Å². The van der Waals surface area contributed by atoms with E-state index >= 15 is 0 Å². The molecule has 21 heavy (non-hydrogen) atoms. The van der Waals surface area contributed by atoms with Gasteiger partial charge < -0.3 is 10.6 Å². The van der Waals surface area contributed by atoms with Crippen LogP contribution in [0, 0.1) is 6.92 Å². The van der Waals surface area contributed by atoms with Gasteiger partial charge in [-0.3, -0.25) is 4.79 Å². The Balaban J connectivity index is 1.72. The Hall–Kier alpha value is -2.13. The number of carbonyl (C=O) groups is 1. The molecule has 0 bridgehead atoms. The minimum atomic E-state index is -0.244. The van der Waals surface area contributed by atoms with Crippen LogP contribution in [0.15, 0.2) is 48.5 Å². The summed E-state index contributed by atoms with van der Waals surface area (Å²) in [5.74, 6) is 0.406. The fraction of sp³-hybridized carbons (Fsp3) is 0.278. The largest absolute Gasteiger partial charge is 0.324 e. The second-order valence-electron chi connectivity index (χ2n) is 5.73. The van der Waals surface area contributed by atoms with Crippen molar-refractivity contribution in [3.8, 4) is 0 Å². The molecule has 0 radical (unpaired) electrons. The van der Waals surface area contributed by atoms with Crippen LogP contribution in [0.25, 0.3) is 0 Å². The molecule has 2 aromatic rings. The van der Waals surface area contributed by atoms with Crippen LogP contribution < -0.4 is 10.6 Å². The number of hydrogen-bond donors (Lipinski definition) is 2. The second-order valence-corrected chi connectivity index (χ2v) is 5.73. The number of hydrogen-bond acceptors (Lipinski definition) is 2. The van der Waals surface area contributed by atoms with Gasteiger partial charge >= 0.3 is 0 Å². The molecule has 0 spiro atoms. The summed E-state index contributed by atoms with van der Waals surface area (Å²) in [6.45, 7) is 4.99. The Morgan fingerprint density at radius 1 is 1.19 bits per heavy atom. The third-order valence-electron chi connectivity index (χ3n) is 4.03. The van der Waals surface area contributed by atoms with Crippen LogP contribution in [-0.2, 0) is 4.79 Å². The average Bonchev–Trinajstić information content (AvgIpc) is 2.80. The molecule has 2 aromatic carbocycles. The van der Waals surface area contributed by atoms with E-state index in [0.29, 0.717) is 5.92 Å². The van der Waals surface area contributed by atoms with E-state index in [1.807, 2.05) is 37.3 Å². The molecule has 1 aliphatic heterocycles. The lowest BCUT2D eigenvalue weighted by atomic mass is 10.00. The van der Waals surface area contributed by atoms with Gasteiger partial charge in [-0.05, 0) is 24.5 Å². The monoisotopic (exact) mass is 280 g/mol. The summed E-state index contributed by atoms with van der Waals surface area (Å²) in [5, 5.41) is 6.34. The second kappa shape index (κ2) is 5.70. The molecule has 1 amide bonds. The predicted molar refractivity (Wildman–Crippen MR) is 85.4 cm³/mol. The van der Waals surface area contributed by atoms with Crippen LogP contribution >= 0.6 is 0 Å². The molecule has 2 N–H and O–H groups in total. The molecule has 0 aromatic heterocycles. The Labute approximate surface area is 125 Å². The number of aryl methyl sites for hydroxylation is 1. The highest BCUT2D eigenvalue weighted by molar-refractivity contribution is 6.02. The van der Waals surface area contributed by atoms with E-state index in [-0.39, 0.29) is 11.9 Å². The zero-order chi connectivity index (χ0) is 14.8. The first kappa shape index (κ1) is 13.8. The molecule has 3 heteroatoms. The average molecular weight is 280 g/mol. The van der Waals surface area contributed by atoms with Crippen molar-refractivity contribution in [2.24, 2.45) is 0 Å². The van der Waals surface area contributed by atoms with Gasteiger partial charge in [0.2, 0.25) is 5.91 Å². The lowest BCUT2D eigenvalue weighted by Crippen LogP contribution is -2.30. The number of nitrogens with one attached hydrogen (secondary N) is 2. The Kier molecular flexibility index (Phi) is 3.76. The molecule has 2 unspecified atom stereocenters. The molecule has 3 nitrogen and oxygen atoms in total. The van der Waals surface area contributed by atoms with Gasteiger partial charge in [0.05, 0.1) is 0 Å². The molecule has 0 aliphatic carbocycles. The van der Waals surface area contributed by atoms with E-state index in [4.69, 9.17) is 0 Å². The van der Waals surface area contributed by atoms with Gasteiger partial charge in [-0.1, -0.05) is 55.0 Å². The Morgan fingerprint density at radius 3 is 2.71 bits per heavy atom. The normalized spacial score (nSPS) is 18.2. The molecule has 108 valence electrons. The maximum absolute atomic E-state index is 12.1. The van der Waals surface area contributed by atoms with E-state index in [1.54, 1.807) is 0 Å². The molecular weight excluding hydrogens is 260 g/mol. The Bertz CT molecular complexity index is 652. The smallest absolute Gasteiger partial charge is 0.246 e. The summed E-state index contributed by atoms with van der Waals surface area (Å²) in [6, 6.07) is 16.2. The first-order valence-electron chi connectivity index (χ1n) is 7.35. The third-order valence-corrected chi connectivity index (χ3v) is 4.03. The van der Waals surface area contributed by atoms with Crippen LogP contribution in [-0.4, -0.2) is 12.5 Å². The Morgan fingerprint density at radius 2 is 1.95 bits per heavy atom. The van der Waals surface area contributed by atoms with Crippen molar-refractivity contribution in [2.75, 3.05) is 11.9 Å². The first-order valence-corrected chi connectivity index (χ1v) is 7.35. The van der Waals surface area contributed by atoms with Gasteiger partial charge in [-0.15, -0.1) is 0 Å². The number of amides is 1. The lowest BCUT2D eigenvalue weighted by Gasteiger charge is -2.17. The summed E-state index contributed by atoms with van der Waals surface area (Å²) in [6.07, 6.45) is 0. The maximum atomic E-state index is 12.1. The highest BCUT2D eigenvalue weighted by Gasteiger charge is 2.30. The van der Waals surface area contributed by atoms with Crippen LogP contribution in [0.4, 0.5) is 5.69 Å². The minimum Gasteiger partial charge on any atom is -0.324 e. The minimum absolute atomic E-state index is 0.0378. The maximum Gasteiger partial charge on any atom is 0.246 e. The number of rotatable bonds is 4. The summed E-state index contributed by atoms with van der Waals surface area (Å²) >= 11 is 0. The van der Waals surface area contributed by atoms with Crippen LogP contribution in [0.3, 0.4) is 0 Å². The fourth-order valence-corrected chi connectivity index (χ4v) is 2.78. The van der Waals surface area contributed by atoms with E-state index in [0.717, 1.165) is 17.8 Å². The van der Waals surface area contributed by atoms with E-state index in [1.165, 1.54) is 11.1 Å². The molecule has 3 rings (SSSR count). The molecule has 1 heterocycles. The van der Waals surface area contributed by atoms with Crippen molar-refractivity contribution >= 4 is 11.6 Å².